The molecule has 0 N–H and O–H groups in total. The van der Waals surface area contributed by atoms with Gasteiger partial charge in [0.05, 0.1) is 36.7 Å². The van der Waals surface area contributed by atoms with Crippen LogP contribution in [-0.4, -0.2) is 44.6 Å². The summed E-state index contributed by atoms with van der Waals surface area (Å²) in [6.07, 6.45) is 13.3. The minimum atomic E-state index is 0.415. The number of allylic oxidation sites excluding steroid dienone is 4. The summed E-state index contributed by atoms with van der Waals surface area (Å²) in [5, 5.41) is 9.27. The molecule has 1 saturated heterocycles. The Morgan fingerprint density at radius 1 is 1.09 bits per heavy atom. The number of hydrogen-bond acceptors (Lipinski definition) is 5. The lowest BCUT2D eigenvalue weighted by Crippen LogP contribution is -2.40. The Bertz CT molecular complexity index is 1320. The predicted octanol–water partition coefficient (Wildman–Crippen LogP) is 5.23. The van der Waals surface area contributed by atoms with E-state index in [-0.39, 0.29) is 0 Å². The van der Waals surface area contributed by atoms with Crippen LogP contribution in [0.5, 0.6) is 0 Å². The molecular weight excluding hydrogens is 424 g/mol. The summed E-state index contributed by atoms with van der Waals surface area (Å²) < 4.78 is 9.65. The molecule has 3 aromatic rings. The lowest BCUT2D eigenvalue weighted by atomic mass is 9.75. The Balaban J connectivity index is 1.27. The second-order valence-electron chi connectivity index (χ2n) is 10.2. The average molecular weight is 459 g/mol. The number of hydrogen-bond donors (Lipinski definition) is 0. The van der Waals surface area contributed by atoms with Crippen LogP contribution in [0.2, 0.25) is 0 Å². The maximum absolute atomic E-state index is 5.55. The van der Waals surface area contributed by atoms with E-state index >= 15 is 0 Å². The Labute approximate surface area is 201 Å². The predicted molar refractivity (Wildman–Crippen MR) is 134 cm³/mol. The van der Waals surface area contributed by atoms with Gasteiger partial charge in [0, 0.05) is 37.3 Å². The van der Waals surface area contributed by atoms with E-state index in [1.165, 1.54) is 32.1 Å². The SMILES string of the molecule is CCn1ncc(-c2c(C)nc(N3CCC4(CC3)CC3=C(CCC(OC)=C3)C4)c3ccnn23)c1C. The fourth-order valence-corrected chi connectivity index (χ4v) is 6.42. The third-order valence-electron chi connectivity index (χ3n) is 8.36. The van der Waals surface area contributed by atoms with Crippen LogP contribution in [0.25, 0.3) is 16.8 Å². The minimum Gasteiger partial charge on any atom is -0.501 e. The molecule has 2 aliphatic carbocycles. The smallest absolute Gasteiger partial charge is 0.155 e. The van der Waals surface area contributed by atoms with Gasteiger partial charge in [-0.3, -0.25) is 4.68 Å². The molecule has 0 atom stereocenters. The highest BCUT2D eigenvalue weighted by molar-refractivity contribution is 5.76. The van der Waals surface area contributed by atoms with Gasteiger partial charge in [-0.2, -0.15) is 10.2 Å². The summed E-state index contributed by atoms with van der Waals surface area (Å²) in [7, 11) is 1.80. The molecule has 1 fully saturated rings. The molecule has 1 aliphatic heterocycles. The summed E-state index contributed by atoms with van der Waals surface area (Å²) in [4.78, 5) is 7.63. The van der Waals surface area contributed by atoms with Crippen LogP contribution in [-0.2, 0) is 11.3 Å². The van der Waals surface area contributed by atoms with Gasteiger partial charge in [-0.05, 0) is 76.0 Å². The van der Waals surface area contributed by atoms with Gasteiger partial charge in [0.15, 0.2) is 5.82 Å². The zero-order valence-electron chi connectivity index (χ0n) is 20.8. The Hall–Kier alpha value is -3.09. The normalized spacial score (nSPS) is 19.8. The number of piperidine rings is 1. The highest BCUT2D eigenvalue weighted by atomic mass is 16.5. The van der Waals surface area contributed by atoms with Crippen LogP contribution in [0.3, 0.4) is 0 Å². The molecule has 34 heavy (non-hydrogen) atoms. The number of methoxy groups -OCH3 is 1. The van der Waals surface area contributed by atoms with Crippen molar-refractivity contribution in [3.8, 4) is 11.3 Å². The number of ether oxygens (including phenoxy) is 1. The quantitative estimate of drug-likeness (QED) is 0.536. The highest BCUT2D eigenvalue weighted by Gasteiger charge is 2.42. The Morgan fingerprint density at radius 3 is 2.65 bits per heavy atom. The van der Waals surface area contributed by atoms with Gasteiger partial charge in [0.2, 0.25) is 0 Å². The maximum atomic E-state index is 5.55. The van der Waals surface area contributed by atoms with Crippen molar-refractivity contribution >= 4 is 11.3 Å². The molecule has 0 amide bonds. The number of nitrogens with zero attached hydrogens (tertiary/aromatic N) is 6. The van der Waals surface area contributed by atoms with Crippen LogP contribution in [0.1, 0.15) is 56.8 Å². The first-order valence-electron chi connectivity index (χ1n) is 12.6. The fourth-order valence-electron chi connectivity index (χ4n) is 6.42. The van der Waals surface area contributed by atoms with Gasteiger partial charge >= 0.3 is 0 Å². The summed E-state index contributed by atoms with van der Waals surface area (Å²) in [5.41, 5.74) is 9.03. The highest BCUT2D eigenvalue weighted by Crippen LogP contribution is 2.52. The molecule has 0 bridgehead atoms. The van der Waals surface area contributed by atoms with Crippen molar-refractivity contribution in [1.29, 1.82) is 0 Å². The second-order valence-corrected chi connectivity index (χ2v) is 10.2. The Morgan fingerprint density at radius 2 is 1.91 bits per heavy atom. The van der Waals surface area contributed by atoms with Crippen molar-refractivity contribution in [2.45, 2.75) is 65.8 Å². The first-order valence-corrected chi connectivity index (χ1v) is 12.6. The van der Waals surface area contributed by atoms with Crippen LogP contribution >= 0.6 is 0 Å². The van der Waals surface area contributed by atoms with Crippen molar-refractivity contribution in [2.75, 3.05) is 25.1 Å². The van der Waals surface area contributed by atoms with Gasteiger partial charge in [0.25, 0.3) is 0 Å². The zero-order chi connectivity index (χ0) is 23.4. The van der Waals surface area contributed by atoms with Crippen LogP contribution in [0.15, 0.2) is 41.4 Å². The van der Waals surface area contributed by atoms with E-state index in [0.717, 1.165) is 65.8 Å². The zero-order valence-corrected chi connectivity index (χ0v) is 20.8. The van der Waals surface area contributed by atoms with E-state index in [4.69, 9.17) is 14.8 Å². The molecule has 0 unspecified atom stereocenters. The number of aryl methyl sites for hydroxylation is 2. The van der Waals surface area contributed by atoms with Gasteiger partial charge in [-0.25, -0.2) is 9.50 Å². The summed E-state index contributed by atoms with van der Waals surface area (Å²) in [5.74, 6) is 2.21. The molecular formula is C27H34N6O. The number of aromatic nitrogens is 5. The molecule has 6 rings (SSSR count). The van der Waals surface area contributed by atoms with E-state index in [1.807, 2.05) is 17.1 Å². The molecule has 0 radical (unpaired) electrons. The first-order chi connectivity index (χ1) is 16.5. The van der Waals surface area contributed by atoms with Crippen molar-refractivity contribution in [3.05, 3.63) is 52.8 Å². The van der Waals surface area contributed by atoms with Gasteiger partial charge in [-0.15, -0.1) is 0 Å². The average Bonchev–Trinajstić information content (AvgIpc) is 3.56. The topological polar surface area (TPSA) is 60.5 Å². The van der Waals surface area contributed by atoms with E-state index < -0.39 is 0 Å². The van der Waals surface area contributed by atoms with E-state index in [9.17, 15) is 0 Å². The third kappa shape index (κ3) is 3.28. The molecule has 7 nitrogen and oxygen atoms in total. The van der Waals surface area contributed by atoms with E-state index in [1.54, 1.807) is 18.3 Å². The van der Waals surface area contributed by atoms with E-state index in [0.29, 0.717) is 5.41 Å². The van der Waals surface area contributed by atoms with Crippen LogP contribution in [0, 0.1) is 19.3 Å². The summed E-state index contributed by atoms with van der Waals surface area (Å²) >= 11 is 0. The molecule has 1 spiro atoms. The number of anilines is 1. The van der Waals surface area contributed by atoms with Crippen LogP contribution < -0.4 is 4.90 Å². The number of rotatable bonds is 4. The molecule has 7 heteroatoms. The third-order valence-corrected chi connectivity index (χ3v) is 8.36. The maximum Gasteiger partial charge on any atom is 0.155 e. The van der Waals surface area contributed by atoms with Crippen molar-refractivity contribution in [3.63, 3.8) is 0 Å². The minimum absolute atomic E-state index is 0.415. The summed E-state index contributed by atoms with van der Waals surface area (Å²) in [6.45, 7) is 9.28. The first kappa shape index (κ1) is 21.4. The molecule has 4 heterocycles. The largest absolute Gasteiger partial charge is 0.501 e. The van der Waals surface area contributed by atoms with E-state index in [2.05, 4.69) is 47.4 Å². The molecule has 3 aromatic heterocycles. The van der Waals surface area contributed by atoms with Gasteiger partial charge in [0.1, 0.15) is 5.52 Å². The monoisotopic (exact) mass is 458 g/mol. The molecule has 0 aromatic carbocycles. The standard InChI is InChI=1S/C27H34N6O/c1-5-32-19(3)23(17-29-32)25-18(2)30-26(24-8-11-28-33(24)25)31-12-9-27(10-13-31)15-20-6-7-22(34-4)14-21(20)16-27/h8,11,14,17H,5-7,9-10,12-13,15-16H2,1-4H3. The van der Waals surface area contributed by atoms with Crippen molar-refractivity contribution < 1.29 is 4.74 Å². The summed E-state index contributed by atoms with van der Waals surface area (Å²) in [6, 6.07) is 2.10. The van der Waals surface area contributed by atoms with Crippen molar-refractivity contribution in [1.82, 2.24) is 24.4 Å². The fraction of sp³-hybridized carbons (Fsp3) is 0.519. The van der Waals surface area contributed by atoms with Gasteiger partial charge < -0.3 is 9.64 Å². The Kier molecular flexibility index (Phi) is 5.04. The number of fused-ring (bicyclic) bond motifs is 1. The molecule has 178 valence electrons. The van der Waals surface area contributed by atoms with Crippen LogP contribution in [0.4, 0.5) is 5.82 Å². The lowest BCUT2D eigenvalue weighted by molar-refractivity contribution is 0.231. The lowest BCUT2D eigenvalue weighted by Gasteiger charge is -2.40. The van der Waals surface area contributed by atoms with Gasteiger partial charge in [-0.1, -0.05) is 5.57 Å². The molecule has 0 saturated carbocycles. The van der Waals surface area contributed by atoms with Crippen molar-refractivity contribution in [2.24, 2.45) is 5.41 Å². The molecule has 3 aliphatic rings. The second kappa shape index (κ2) is 8.00.